The molecule has 0 unspecified atom stereocenters. The Morgan fingerprint density at radius 2 is 1.90 bits per heavy atom. The van der Waals surface area contributed by atoms with Crippen LogP contribution in [0.15, 0.2) is 29.3 Å². The van der Waals surface area contributed by atoms with E-state index in [4.69, 9.17) is 23.2 Å². The molecule has 0 bridgehead atoms. The number of imidazole rings is 1. The number of piperazine rings is 1. The molecule has 3 heterocycles. The van der Waals surface area contributed by atoms with Gasteiger partial charge in [0.2, 0.25) is 5.95 Å². The Kier molecular flexibility index (Phi) is 6.89. The average Bonchev–Trinajstić information content (AvgIpc) is 3.16. The fourth-order valence-corrected chi connectivity index (χ4v) is 3.95. The van der Waals surface area contributed by atoms with Crippen LogP contribution in [0.4, 0.5) is 5.95 Å². The molecule has 0 amide bonds. The zero-order valence-corrected chi connectivity index (χ0v) is 18.1. The van der Waals surface area contributed by atoms with Crippen molar-refractivity contribution in [1.29, 1.82) is 0 Å². The third-order valence-electron chi connectivity index (χ3n) is 5.26. The van der Waals surface area contributed by atoms with Gasteiger partial charge in [0.15, 0.2) is 11.2 Å². The van der Waals surface area contributed by atoms with Crippen molar-refractivity contribution in [2.75, 3.05) is 38.0 Å². The van der Waals surface area contributed by atoms with Gasteiger partial charge in [-0.1, -0.05) is 29.3 Å². The number of nitrogens with zero attached hydrogens (tertiary/aromatic N) is 4. The molecule has 10 heteroatoms. The van der Waals surface area contributed by atoms with Crippen molar-refractivity contribution < 1.29 is 0 Å². The molecule has 160 valence electrons. The smallest absolute Gasteiger partial charge is 0.278 e. The molecule has 1 saturated heterocycles. The first kappa shape index (κ1) is 21.1. The molecule has 1 fully saturated rings. The second kappa shape index (κ2) is 9.78. The molecule has 2 aromatic heterocycles. The molecule has 0 atom stereocenters. The highest BCUT2D eigenvalue weighted by Gasteiger charge is 2.12. The van der Waals surface area contributed by atoms with Crippen LogP contribution in [-0.4, -0.2) is 57.1 Å². The van der Waals surface area contributed by atoms with Crippen LogP contribution in [-0.2, 0) is 13.1 Å². The number of aryl methyl sites for hydroxylation is 1. The van der Waals surface area contributed by atoms with Gasteiger partial charge >= 0.3 is 0 Å². The van der Waals surface area contributed by atoms with Crippen LogP contribution >= 0.6 is 23.2 Å². The Morgan fingerprint density at radius 1 is 1.10 bits per heavy atom. The molecule has 0 aliphatic carbocycles. The predicted octanol–water partition coefficient (Wildman–Crippen LogP) is 2.72. The normalized spacial score (nSPS) is 15.0. The van der Waals surface area contributed by atoms with Crippen LogP contribution in [0.1, 0.15) is 18.4 Å². The summed E-state index contributed by atoms with van der Waals surface area (Å²) in [5, 5.41) is 7.47. The molecule has 4 rings (SSSR count). The number of halogens is 2. The molecule has 1 aliphatic rings. The quantitative estimate of drug-likeness (QED) is 0.458. The van der Waals surface area contributed by atoms with Gasteiger partial charge in [-0.2, -0.15) is 4.98 Å². The van der Waals surface area contributed by atoms with Crippen LogP contribution in [0.3, 0.4) is 0 Å². The number of fused-ring (bicyclic) bond motifs is 1. The summed E-state index contributed by atoms with van der Waals surface area (Å²) in [7, 11) is 0. The first-order valence-electron chi connectivity index (χ1n) is 10.2. The summed E-state index contributed by atoms with van der Waals surface area (Å²) in [4.78, 5) is 26.7. The van der Waals surface area contributed by atoms with E-state index < -0.39 is 0 Å². The van der Waals surface area contributed by atoms with Crippen molar-refractivity contribution in [3.05, 3.63) is 50.5 Å². The summed E-state index contributed by atoms with van der Waals surface area (Å²) in [6.07, 6.45) is 3.78. The molecular formula is C20H25Cl2N7O. The van der Waals surface area contributed by atoms with Crippen LogP contribution in [0.25, 0.3) is 11.2 Å². The average molecular weight is 450 g/mol. The molecule has 0 radical (unpaired) electrons. The number of anilines is 1. The van der Waals surface area contributed by atoms with Gasteiger partial charge in [0, 0.05) is 39.3 Å². The van der Waals surface area contributed by atoms with Crippen molar-refractivity contribution in [2.24, 2.45) is 0 Å². The van der Waals surface area contributed by atoms with E-state index in [9.17, 15) is 4.79 Å². The molecular weight excluding hydrogens is 425 g/mol. The second-order valence-electron chi connectivity index (χ2n) is 7.43. The maximum atomic E-state index is 12.6. The Balaban J connectivity index is 1.36. The van der Waals surface area contributed by atoms with Crippen molar-refractivity contribution in [3.63, 3.8) is 0 Å². The minimum atomic E-state index is -0.198. The molecule has 3 aromatic rings. The molecule has 8 nitrogen and oxygen atoms in total. The number of hydrogen-bond donors (Lipinski definition) is 3. The lowest BCUT2D eigenvalue weighted by molar-refractivity contribution is 0.235. The summed E-state index contributed by atoms with van der Waals surface area (Å²) in [6, 6.07) is 5.39. The van der Waals surface area contributed by atoms with Gasteiger partial charge in [0.1, 0.15) is 0 Å². The Bertz CT molecular complexity index is 1060. The molecule has 1 aromatic carbocycles. The monoisotopic (exact) mass is 449 g/mol. The van der Waals surface area contributed by atoms with E-state index in [0.29, 0.717) is 33.7 Å². The standard InChI is InChI=1S/C20H25Cl2N7O/c21-15-4-3-14(11-16(15)22)12-24-20-26-18-17(19(30)27-20)29(13-25-18)8-2-1-7-28-9-5-23-6-10-28/h3-4,11,13,23H,1-2,5-10,12H2,(H2,24,26,27,30). The lowest BCUT2D eigenvalue weighted by atomic mass is 10.2. The van der Waals surface area contributed by atoms with E-state index in [2.05, 4.69) is 30.5 Å². The van der Waals surface area contributed by atoms with E-state index in [1.807, 2.05) is 10.6 Å². The number of H-pyrrole nitrogens is 1. The van der Waals surface area contributed by atoms with Gasteiger partial charge in [-0.15, -0.1) is 0 Å². The SMILES string of the molecule is O=c1[nH]c(NCc2ccc(Cl)c(Cl)c2)nc2ncn(CCCCN3CCNCC3)c12. The van der Waals surface area contributed by atoms with Crippen LogP contribution in [0, 0.1) is 0 Å². The number of rotatable bonds is 8. The van der Waals surface area contributed by atoms with E-state index in [0.717, 1.165) is 57.7 Å². The van der Waals surface area contributed by atoms with Gasteiger partial charge in [-0.25, -0.2) is 4.98 Å². The minimum absolute atomic E-state index is 0.198. The molecule has 0 saturated carbocycles. The topological polar surface area (TPSA) is 90.9 Å². The highest BCUT2D eigenvalue weighted by molar-refractivity contribution is 6.42. The van der Waals surface area contributed by atoms with Crippen molar-refractivity contribution in [2.45, 2.75) is 25.9 Å². The molecule has 1 aliphatic heterocycles. The number of benzene rings is 1. The summed E-state index contributed by atoms with van der Waals surface area (Å²) in [5.41, 5.74) is 1.69. The van der Waals surface area contributed by atoms with Gasteiger partial charge in [0.25, 0.3) is 5.56 Å². The lowest BCUT2D eigenvalue weighted by Crippen LogP contribution is -2.43. The number of aromatic amines is 1. The van der Waals surface area contributed by atoms with Gasteiger partial charge in [-0.3, -0.25) is 9.78 Å². The molecule has 0 spiro atoms. The van der Waals surface area contributed by atoms with Crippen LogP contribution < -0.4 is 16.2 Å². The number of aromatic nitrogens is 4. The van der Waals surface area contributed by atoms with Crippen LogP contribution in [0.2, 0.25) is 10.0 Å². The largest absolute Gasteiger partial charge is 0.352 e. The van der Waals surface area contributed by atoms with E-state index in [-0.39, 0.29) is 5.56 Å². The fraction of sp³-hybridized carbons (Fsp3) is 0.450. The van der Waals surface area contributed by atoms with E-state index in [1.54, 1.807) is 18.5 Å². The lowest BCUT2D eigenvalue weighted by Gasteiger charge is -2.27. The highest BCUT2D eigenvalue weighted by atomic mass is 35.5. The Hall–Kier alpha value is -2.13. The van der Waals surface area contributed by atoms with E-state index in [1.165, 1.54) is 0 Å². The number of unbranched alkanes of at least 4 members (excludes halogenated alkanes) is 1. The first-order chi connectivity index (χ1) is 14.6. The maximum Gasteiger partial charge on any atom is 0.278 e. The van der Waals surface area contributed by atoms with Gasteiger partial charge < -0.3 is 20.1 Å². The Morgan fingerprint density at radius 3 is 2.70 bits per heavy atom. The second-order valence-corrected chi connectivity index (χ2v) is 8.24. The maximum absolute atomic E-state index is 12.6. The number of nitrogens with one attached hydrogen (secondary N) is 3. The first-order valence-corrected chi connectivity index (χ1v) is 10.9. The van der Waals surface area contributed by atoms with Gasteiger partial charge in [-0.05, 0) is 37.1 Å². The molecule has 3 N–H and O–H groups in total. The number of hydrogen-bond acceptors (Lipinski definition) is 6. The van der Waals surface area contributed by atoms with Crippen molar-refractivity contribution in [3.8, 4) is 0 Å². The van der Waals surface area contributed by atoms with Crippen molar-refractivity contribution >= 4 is 40.3 Å². The summed E-state index contributed by atoms with van der Waals surface area (Å²) < 4.78 is 1.89. The third kappa shape index (κ3) is 5.13. The summed E-state index contributed by atoms with van der Waals surface area (Å²) in [6.45, 7) is 6.64. The summed E-state index contributed by atoms with van der Waals surface area (Å²) >= 11 is 12.0. The minimum Gasteiger partial charge on any atom is -0.352 e. The third-order valence-corrected chi connectivity index (χ3v) is 6.00. The van der Waals surface area contributed by atoms with Crippen LogP contribution in [0.5, 0.6) is 0 Å². The zero-order chi connectivity index (χ0) is 20.9. The molecule has 30 heavy (non-hydrogen) atoms. The fourth-order valence-electron chi connectivity index (χ4n) is 3.63. The Labute approximate surface area is 184 Å². The summed E-state index contributed by atoms with van der Waals surface area (Å²) in [5.74, 6) is 0.377. The predicted molar refractivity (Wildman–Crippen MR) is 120 cm³/mol. The van der Waals surface area contributed by atoms with Gasteiger partial charge in [0.05, 0.1) is 16.4 Å². The highest BCUT2D eigenvalue weighted by Crippen LogP contribution is 2.22. The zero-order valence-electron chi connectivity index (χ0n) is 16.6. The van der Waals surface area contributed by atoms with Crippen molar-refractivity contribution in [1.82, 2.24) is 29.7 Å². The van der Waals surface area contributed by atoms with E-state index >= 15 is 0 Å².